The molecule has 0 saturated heterocycles. The summed E-state index contributed by atoms with van der Waals surface area (Å²) in [5, 5.41) is 7.06. The highest BCUT2D eigenvalue weighted by Gasteiger charge is 2.16. The van der Waals surface area contributed by atoms with Crippen LogP contribution in [-0.4, -0.2) is 7.05 Å². The van der Waals surface area contributed by atoms with Crippen molar-refractivity contribution < 1.29 is 0 Å². The van der Waals surface area contributed by atoms with Crippen molar-refractivity contribution in [2.45, 2.75) is 13.0 Å². The van der Waals surface area contributed by atoms with Gasteiger partial charge >= 0.3 is 0 Å². The molecular formula is C17H16BrNS. The fourth-order valence-electron chi connectivity index (χ4n) is 2.57. The lowest BCUT2D eigenvalue weighted by Crippen LogP contribution is -2.17. The Bertz CT molecular complexity index is 748. The van der Waals surface area contributed by atoms with Crippen LogP contribution in [0.3, 0.4) is 0 Å². The van der Waals surface area contributed by atoms with Gasteiger partial charge in [-0.2, -0.15) is 0 Å². The van der Waals surface area contributed by atoms with Gasteiger partial charge in [-0.25, -0.2) is 0 Å². The van der Waals surface area contributed by atoms with Crippen molar-refractivity contribution in [3.05, 3.63) is 69.0 Å². The fourth-order valence-corrected chi connectivity index (χ4v) is 3.80. The average molecular weight is 346 g/mol. The molecule has 2 aromatic carbocycles. The third-order valence-corrected chi connectivity index (χ3v) is 5.50. The molecule has 0 aliphatic carbocycles. The van der Waals surface area contributed by atoms with E-state index in [1.54, 1.807) is 0 Å². The maximum Gasteiger partial charge on any atom is 0.0588 e. The third kappa shape index (κ3) is 2.41. The van der Waals surface area contributed by atoms with Crippen LogP contribution in [0, 0.1) is 6.92 Å². The highest BCUT2D eigenvalue weighted by molar-refractivity contribution is 9.10. The maximum absolute atomic E-state index is 3.57. The predicted molar refractivity (Wildman–Crippen MR) is 91.6 cm³/mol. The smallest absolute Gasteiger partial charge is 0.0588 e. The Morgan fingerprint density at radius 3 is 2.70 bits per heavy atom. The van der Waals surface area contributed by atoms with Crippen molar-refractivity contribution in [1.82, 2.24) is 5.32 Å². The molecule has 0 aliphatic rings. The molecule has 1 heterocycles. The number of nitrogens with one attached hydrogen (secondary N) is 1. The quantitative estimate of drug-likeness (QED) is 0.680. The second-order valence-corrected chi connectivity index (χ2v) is 6.68. The highest BCUT2D eigenvalue weighted by Crippen LogP contribution is 2.34. The van der Waals surface area contributed by atoms with Gasteiger partial charge in [-0.05, 0) is 53.6 Å². The van der Waals surface area contributed by atoms with Gasteiger partial charge < -0.3 is 5.32 Å². The summed E-state index contributed by atoms with van der Waals surface area (Å²) < 4.78 is 2.50. The Morgan fingerprint density at radius 2 is 1.95 bits per heavy atom. The Balaban J connectivity index is 2.11. The van der Waals surface area contributed by atoms with Crippen LogP contribution in [0.5, 0.6) is 0 Å². The number of aryl methyl sites for hydroxylation is 1. The molecule has 0 spiro atoms. The lowest BCUT2D eigenvalue weighted by Gasteiger charge is -2.17. The molecule has 3 heteroatoms. The molecule has 1 nitrogen and oxygen atoms in total. The van der Waals surface area contributed by atoms with E-state index in [2.05, 4.69) is 76.0 Å². The van der Waals surface area contributed by atoms with E-state index in [9.17, 15) is 0 Å². The number of benzene rings is 2. The minimum Gasteiger partial charge on any atom is -0.309 e. The van der Waals surface area contributed by atoms with Crippen molar-refractivity contribution in [2.24, 2.45) is 0 Å². The Kier molecular flexibility index (Phi) is 3.92. The van der Waals surface area contributed by atoms with Crippen LogP contribution in [0.25, 0.3) is 10.1 Å². The first-order valence-corrected chi connectivity index (χ1v) is 8.27. The first-order chi connectivity index (χ1) is 9.70. The van der Waals surface area contributed by atoms with Crippen LogP contribution in [0.1, 0.15) is 22.7 Å². The number of hydrogen-bond acceptors (Lipinski definition) is 2. The molecule has 102 valence electrons. The first kappa shape index (κ1) is 13.8. The second kappa shape index (κ2) is 5.68. The molecular weight excluding hydrogens is 330 g/mol. The number of thiophene rings is 1. The van der Waals surface area contributed by atoms with Gasteiger partial charge in [0, 0.05) is 9.17 Å². The lowest BCUT2D eigenvalue weighted by atomic mass is 9.97. The third-order valence-electron chi connectivity index (χ3n) is 3.63. The second-order valence-electron chi connectivity index (χ2n) is 4.92. The number of fused-ring (bicyclic) bond motifs is 1. The van der Waals surface area contributed by atoms with E-state index in [4.69, 9.17) is 0 Å². The largest absolute Gasteiger partial charge is 0.309 e. The molecule has 0 amide bonds. The van der Waals surface area contributed by atoms with Gasteiger partial charge in [0.05, 0.1) is 6.04 Å². The van der Waals surface area contributed by atoms with E-state index < -0.39 is 0 Å². The SMILES string of the molecule is CNC(c1ccc(Br)c(C)c1)c1csc2ccccc12. The molecule has 0 bridgehead atoms. The van der Waals surface area contributed by atoms with E-state index in [0.29, 0.717) is 0 Å². The number of rotatable bonds is 3. The van der Waals surface area contributed by atoms with E-state index in [1.807, 2.05) is 18.4 Å². The normalized spacial score (nSPS) is 12.8. The van der Waals surface area contributed by atoms with Crippen molar-refractivity contribution in [2.75, 3.05) is 7.05 Å². The molecule has 1 atom stereocenters. The lowest BCUT2D eigenvalue weighted by molar-refractivity contribution is 0.698. The molecule has 0 fully saturated rings. The summed E-state index contributed by atoms with van der Waals surface area (Å²) in [5.41, 5.74) is 3.92. The Hall–Kier alpha value is -1.16. The summed E-state index contributed by atoms with van der Waals surface area (Å²) in [6.07, 6.45) is 0. The van der Waals surface area contributed by atoms with E-state index >= 15 is 0 Å². The zero-order valence-corrected chi connectivity index (χ0v) is 13.9. The summed E-state index contributed by atoms with van der Waals surface area (Å²) in [4.78, 5) is 0. The van der Waals surface area contributed by atoms with Crippen molar-refractivity contribution >= 4 is 37.4 Å². The van der Waals surface area contributed by atoms with Gasteiger partial charge in [-0.3, -0.25) is 0 Å². The van der Waals surface area contributed by atoms with Crippen LogP contribution in [0.15, 0.2) is 52.3 Å². The number of hydrogen-bond donors (Lipinski definition) is 1. The molecule has 0 radical (unpaired) electrons. The van der Waals surface area contributed by atoms with Gasteiger partial charge in [0.15, 0.2) is 0 Å². The summed E-state index contributed by atoms with van der Waals surface area (Å²) in [7, 11) is 2.02. The van der Waals surface area contributed by atoms with Gasteiger partial charge in [0.25, 0.3) is 0 Å². The monoisotopic (exact) mass is 345 g/mol. The molecule has 1 aromatic heterocycles. The molecule has 3 rings (SSSR count). The fraction of sp³-hybridized carbons (Fsp3) is 0.176. The highest BCUT2D eigenvalue weighted by atomic mass is 79.9. The summed E-state index contributed by atoms with van der Waals surface area (Å²) in [6.45, 7) is 2.13. The standard InChI is InChI=1S/C17H16BrNS/c1-11-9-12(7-8-15(11)18)17(19-2)14-10-20-16-6-4-3-5-13(14)16/h3-10,17,19H,1-2H3. The van der Waals surface area contributed by atoms with Gasteiger partial charge in [0.1, 0.15) is 0 Å². The van der Waals surface area contributed by atoms with E-state index in [-0.39, 0.29) is 6.04 Å². The number of halogens is 1. The van der Waals surface area contributed by atoms with E-state index in [1.165, 1.54) is 26.8 Å². The molecule has 0 saturated carbocycles. The average Bonchev–Trinajstić information content (AvgIpc) is 2.88. The first-order valence-electron chi connectivity index (χ1n) is 6.60. The van der Waals surface area contributed by atoms with Crippen LogP contribution in [0.2, 0.25) is 0 Å². The van der Waals surface area contributed by atoms with Crippen molar-refractivity contribution in [3.63, 3.8) is 0 Å². The van der Waals surface area contributed by atoms with Gasteiger partial charge in [0.2, 0.25) is 0 Å². The zero-order valence-electron chi connectivity index (χ0n) is 11.5. The van der Waals surface area contributed by atoms with Crippen molar-refractivity contribution in [3.8, 4) is 0 Å². The van der Waals surface area contributed by atoms with Crippen LogP contribution in [0.4, 0.5) is 0 Å². The molecule has 0 aliphatic heterocycles. The van der Waals surface area contributed by atoms with Gasteiger partial charge in [-0.15, -0.1) is 11.3 Å². The molecule has 1 unspecified atom stereocenters. The minimum atomic E-state index is 0.234. The van der Waals surface area contributed by atoms with Crippen LogP contribution >= 0.6 is 27.3 Å². The predicted octanol–water partition coefficient (Wildman–Crippen LogP) is 5.28. The molecule has 20 heavy (non-hydrogen) atoms. The Morgan fingerprint density at radius 1 is 1.15 bits per heavy atom. The molecule has 3 aromatic rings. The summed E-state index contributed by atoms with van der Waals surface area (Å²) in [6, 6.07) is 15.4. The van der Waals surface area contributed by atoms with Gasteiger partial charge in [-0.1, -0.05) is 46.3 Å². The van der Waals surface area contributed by atoms with Crippen LogP contribution < -0.4 is 5.32 Å². The molecule has 1 N–H and O–H groups in total. The minimum absolute atomic E-state index is 0.234. The summed E-state index contributed by atoms with van der Waals surface area (Å²) >= 11 is 5.38. The summed E-state index contributed by atoms with van der Waals surface area (Å²) in [5.74, 6) is 0. The maximum atomic E-state index is 3.57. The van der Waals surface area contributed by atoms with Crippen molar-refractivity contribution in [1.29, 1.82) is 0 Å². The topological polar surface area (TPSA) is 12.0 Å². The Labute approximate surface area is 131 Å². The zero-order chi connectivity index (χ0) is 14.1. The van der Waals surface area contributed by atoms with Crippen LogP contribution in [-0.2, 0) is 0 Å². The van der Waals surface area contributed by atoms with E-state index in [0.717, 1.165) is 4.47 Å².